The molecule has 0 amide bonds. The lowest BCUT2D eigenvalue weighted by Crippen LogP contribution is -2.05. The van der Waals surface area contributed by atoms with E-state index in [1.807, 2.05) is 42.5 Å². The Labute approximate surface area is 122 Å². The highest BCUT2D eigenvalue weighted by atomic mass is 16.5. The smallest absolute Gasteiger partial charge is 0.264 e. The first-order valence-electron chi connectivity index (χ1n) is 6.64. The first-order valence-corrected chi connectivity index (χ1v) is 6.64. The standard InChI is InChI=1S/C10H8N2O.C7H6O/c13-10-7-6-9(11-12-10)8-4-2-1-3-5-8;1-2-6-4-7(3-1)8-5-6/h1-7H,(H,12,13);1-4H,5H2. The third-order valence-corrected chi connectivity index (χ3v) is 3.05. The molecule has 4 heteroatoms. The van der Waals surface area contributed by atoms with E-state index in [9.17, 15) is 4.79 Å². The van der Waals surface area contributed by atoms with Gasteiger partial charge in [-0.25, -0.2) is 5.10 Å². The van der Waals surface area contributed by atoms with Crippen LogP contribution in [0.4, 0.5) is 0 Å². The molecule has 0 saturated heterocycles. The summed E-state index contributed by atoms with van der Waals surface area (Å²) in [5.41, 5.74) is 2.88. The first kappa shape index (κ1) is 13.1. The van der Waals surface area contributed by atoms with E-state index in [-0.39, 0.29) is 5.56 Å². The monoisotopic (exact) mass is 278 g/mol. The van der Waals surface area contributed by atoms with Crippen LogP contribution in [-0.2, 0) is 6.61 Å². The number of ether oxygens (including phenoxy) is 1. The number of aromatic amines is 1. The van der Waals surface area contributed by atoms with Gasteiger partial charge in [-0.1, -0.05) is 42.5 Å². The zero-order valence-corrected chi connectivity index (χ0v) is 11.3. The van der Waals surface area contributed by atoms with E-state index in [0.717, 1.165) is 23.6 Å². The van der Waals surface area contributed by atoms with Gasteiger partial charge in [-0.15, -0.1) is 0 Å². The summed E-state index contributed by atoms with van der Waals surface area (Å²) in [5, 5.41) is 6.30. The zero-order valence-electron chi connectivity index (χ0n) is 11.3. The highest BCUT2D eigenvalue weighted by Gasteiger charge is 2.03. The summed E-state index contributed by atoms with van der Waals surface area (Å²) in [6, 6.07) is 21.0. The lowest BCUT2D eigenvalue weighted by atomic mass is 10.1. The minimum atomic E-state index is -0.181. The lowest BCUT2D eigenvalue weighted by Gasteiger charge is -1.96. The van der Waals surface area contributed by atoms with Crippen molar-refractivity contribution in [2.75, 3.05) is 0 Å². The second-order valence-electron chi connectivity index (χ2n) is 4.61. The Morgan fingerprint density at radius 2 is 1.81 bits per heavy atom. The summed E-state index contributed by atoms with van der Waals surface area (Å²) >= 11 is 0. The van der Waals surface area contributed by atoms with Crippen LogP contribution < -0.4 is 10.3 Å². The van der Waals surface area contributed by atoms with Gasteiger partial charge in [-0.3, -0.25) is 4.79 Å². The molecule has 4 rings (SSSR count). The van der Waals surface area contributed by atoms with Crippen molar-refractivity contribution in [3.05, 3.63) is 82.6 Å². The summed E-state index contributed by atoms with van der Waals surface area (Å²) in [4.78, 5) is 10.7. The van der Waals surface area contributed by atoms with Crippen molar-refractivity contribution in [2.24, 2.45) is 0 Å². The molecule has 0 aliphatic carbocycles. The Morgan fingerprint density at radius 3 is 2.48 bits per heavy atom. The molecule has 1 aliphatic heterocycles. The number of nitrogens with zero attached hydrogens (tertiary/aromatic N) is 1. The van der Waals surface area contributed by atoms with Crippen LogP contribution in [0.5, 0.6) is 5.75 Å². The molecule has 1 aromatic heterocycles. The maximum absolute atomic E-state index is 10.7. The second-order valence-corrected chi connectivity index (χ2v) is 4.61. The molecule has 1 aliphatic rings. The number of nitrogens with one attached hydrogen (secondary N) is 1. The van der Waals surface area contributed by atoms with E-state index < -0.39 is 0 Å². The highest BCUT2D eigenvalue weighted by Crippen LogP contribution is 2.20. The number of hydrogen-bond acceptors (Lipinski definition) is 3. The van der Waals surface area contributed by atoms with E-state index in [1.54, 1.807) is 6.07 Å². The minimum Gasteiger partial charge on any atom is -0.489 e. The van der Waals surface area contributed by atoms with Gasteiger partial charge in [0.1, 0.15) is 12.4 Å². The van der Waals surface area contributed by atoms with E-state index in [0.29, 0.717) is 0 Å². The Bertz CT molecular complexity index is 742. The number of hydrogen-bond donors (Lipinski definition) is 1. The summed E-state index contributed by atoms with van der Waals surface area (Å²) in [7, 11) is 0. The number of fused-ring (bicyclic) bond motifs is 2. The van der Waals surface area contributed by atoms with E-state index in [4.69, 9.17) is 4.74 Å². The molecule has 21 heavy (non-hydrogen) atoms. The summed E-state index contributed by atoms with van der Waals surface area (Å²) in [6.07, 6.45) is 0. The van der Waals surface area contributed by atoms with Crippen LogP contribution in [0.2, 0.25) is 0 Å². The molecule has 4 nitrogen and oxygen atoms in total. The SMILES string of the molecule is O=c1ccc(-c2ccccc2)n[nH]1.c1cc2cc(c1)OC2. The maximum atomic E-state index is 10.7. The number of rotatable bonds is 1. The molecular weight excluding hydrogens is 264 g/mol. The number of benzene rings is 2. The van der Waals surface area contributed by atoms with Gasteiger partial charge in [0.25, 0.3) is 5.56 Å². The fourth-order valence-corrected chi connectivity index (χ4v) is 2.01. The van der Waals surface area contributed by atoms with Crippen LogP contribution in [0.25, 0.3) is 11.3 Å². The van der Waals surface area contributed by atoms with Gasteiger partial charge in [-0.2, -0.15) is 5.10 Å². The topological polar surface area (TPSA) is 55.0 Å². The Hall–Kier alpha value is -2.88. The van der Waals surface area contributed by atoms with Gasteiger partial charge >= 0.3 is 0 Å². The average Bonchev–Trinajstić information content (AvgIpc) is 2.88. The molecule has 0 radical (unpaired) electrons. The Morgan fingerprint density at radius 1 is 0.952 bits per heavy atom. The summed E-state index contributed by atoms with van der Waals surface area (Å²) < 4.78 is 5.18. The molecular formula is C17H14N2O2. The van der Waals surface area contributed by atoms with E-state index in [2.05, 4.69) is 22.3 Å². The molecule has 1 N–H and O–H groups in total. The van der Waals surface area contributed by atoms with Gasteiger partial charge < -0.3 is 4.74 Å². The molecule has 2 heterocycles. The number of aromatic nitrogens is 2. The van der Waals surface area contributed by atoms with Gasteiger partial charge in [0.15, 0.2) is 0 Å². The largest absolute Gasteiger partial charge is 0.489 e. The maximum Gasteiger partial charge on any atom is 0.264 e. The molecule has 104 valence electrons. The van der Waals surface area contributed by atoms with Crippen molar-refractivity contribution in [2.45, 2.75) is 6.61 Å². The lowest BCUT2D eigenvalue weighted by molar-refractivity contribution is 0.328. The molecule has 0 saturated carbocycles. The fraction of sp³-hybridized carbons (Fsp3) is 0.0588. The van der Waals surface area contributed by atoms with Gasteiger partial charge in [0.2, 0.25) is 0 Å². The normalized spacial score (nSPS) is 11.2. The Kier molecular flexibility index (Phi) is 3.78. The van der Waals surface area contributed by atoms with Gasteiger partial charge in [-0.05, 0) is 23.8 Å². The quantitative estimate of drug-likeness (QED) is 0.744. The van der Waals surface area contributed by atoms with Crippen molar-refractivity contribution in [3.63, 3.8) is 0 Å². The van der Waals surface area contributed by atoms with Crippen molar-refractivity contribution in [1.82, 2.24) is 10.2 Å². The molecule has 2 bridgehead atoms. The second kappa shape index (κ2) is 6.05. The predicted octanol–water partition coefficient (Wildman–Crippen LogP) is 3.02. The summed E-state index contributed by atoms with van der Waals surface area (Å²) in [6.45, 7) is 0.766. The van der Waals surface area contributed by atoms with Crippen LogP contribution in [0.15, 0.2) is 71.5 Å². The third kappa shape index (κ3) is 3.36. The predicted molar refractivity (Wildman–Crippen MR) is 81.1 cm³/mol. The number of H-pyrrole nitrogens is 1. The molecule has 0 unspecified atom stereocenters. The van der Waals surface area contributed by atoms with Gasteiger partial charge in [0, 0.05) is 11.6 Å². The zero-order chi connectivity index (χ0) is 14.5. The van der Waals surface area contributed by atoms with E-state index in [1.165, 1.54) is 11.6 Å². The van der Waals surface area contributed by atoms with Crippen LogP contribution >= 0.6 is 0 Å². The van der Waals surface area contributed by atoms with Crippen LogP contribution in [-0.4, -0.2) is 10.2 Å². The van der Waals surface area contributed by atoms with Crippen molar-refractivity contribution in [1.29, 1.82) is 0 Å². The molecule has 3 aromatic rings. The minimum absolute atomic E-state index is 0.181. The van der Waals surface area contributed by atoms with Crippen molar-refractivity contribution < 1.29 is 4.74 Å². The molecule has 0 spiro atoms. The fourth-order valence-electron chi connectivity index (χ4n) is 2.01. The van der Waals surface area contributed by atoms with Gasteiger partial charge in [0.05, 0.1) is 5.69 Å². The van der Waals surface area contributed by atoms with E-state index >= 15 is 0 Å². The molecule has 0 fully saturated rings. The van der Waals surface area contributed by atoms with Crippen molar-refractivity contribution in [3.8, 4) is 17.0 Å². The average molecular weight is 278 g/mol. The van der Waals surface area contributed by atoms with Crippen LogP contribution in [0, 0.1) is 0 Å². The van der Waals surface area contributed by atoms with Crippen molar-refractivity contribution >= 4 is 0 Å². The van der Waals surface area contributed by atoms with Crippen LogP contribution in [0.3, 0.4) is 0 Å². The van der Waals surface area contributed by atoms with Crippen LogP contribution in [0.1, 0.15) is 5.56 Å². The third-order valence-electron chi connectivity index (χ3n) is 3.05. The summed E-state index contributed by atoms with van der Waals surface area (Å²) in [5.74, 6) is 1.00. The molecule has 2 aromatic carbocycles. The Balaban J connectivity index is 0.000000140. The molecule has 0 atom stereocenters. The first-order chi connectivity index (χ1) is 10.3. The highest BCUT2D eigenvalue weighted by molar-refractivity contribution is 5.57.